The standard InChI is InChI=1S/C19H34N6O/c1-6-7-8-11-14-21-16(20)15-17(22-14)25(18(26)23-15)13-10-9-12-24(5)19(2,3)4/h6-13H2,1-5H3,(H,23,26)(H2,20,21,22). The van der Waals surface area contributed by atoms with Crippen LogP contribution < -0.4 is 5.73 Å². The second-order valence-electron chi connectivity index (χ2n) is 8.02. The summed E-state index contributed by atoms with van der Waals surface area (Å²) in [6.07, 6.45) is 6.12. The molecule has 0 bridgehead atoms. The van der Waals surface area contributed by atoms with Crippen molar-refractivity contribution in [3.8, 4) is 6.01 Å². The number of rotatable bonds is 9. The Labute approximate surface area is 156 Å². The van der Waals surface area contributed by atoms with Crippen LogP contribution in [0.3, 0.4) is 0 Å². The van der Waals surface area contributed by atoms with Crippen molar-refractivity contribution in [2.75, 3.05) is 19.3 Å². The third kappa shape index (κ3) is 5.06. The van der Waals surface area contributed by atoms with Crippen molar-refractivity contribution in [2.24, 2.45) is 0 Å². The zero-order chi connectivity index (χ0) is 19.3. The van der Waals surface area contributed by atoms with E-state index in [1.54, 1.807) is 4.57 Å². The number of hydrogen-bond acceptors (Lipinski definition) is 6. The molecule has 2 heterocycles. The van der Waals surface area contributed by atoms with Crippen molar-refractivity contribution >= 4 is 17.0 Å². The van der Waals surface area contributed by atoms with Gasteiger partial charge in [-0.2, -0.15) is 4.98 Å². The number of aryl methyl sites for hydroxylation is 2. The van der Waals surface area contributed by atoms with Gasteiger partial charge in [-0.1, -0.05) is 19.8 Å². The van der Waals surface area contributed by atoms with Crippen molar-refractivity contribution in [1.82, 2.24) is 24.4 Å². The van der Waals surface area contributed by atoms with Crippen molar-refractivity contribution in [3.63, 3.8) is 0 Å². The molecule has 0 atom stereocenters. The number of nitrogen functional groups attached to an aromatic ring is 1. The molecular formula is C19H34N6O. The zero-order valence-electron chi connectivity index (χ0n) is 16.9. The first-order valence-electron chi connectivity index (χ1n) is 9.67. The maximum atomic E-state index is 10.2. The SMILES string of the molecule is CCCCCc1nc(N)c2nc(O)n(CCCCN(C)C(C)(C)C)c2n1. The van der Waals surface area contributed by atoms with Crippen LogP contribution in [0.1, 0.15) is 65.6 Å². The maximum Gasteiger partial charge on any atom is 0.296 e. The molecule has 0 saturated heterocycles. The average molecular weight is 363 g/mol. The van der Waals surface area contributed by atoms with Crippen LogP contribution in [0.15, 0.2) is 0 Å². The Morgan fingerprint density at radius 3 is 2.46 bits per heavy atom. The summed E-state index contributed by atoms with van der Waals surface area (Å²) >= 11 is 0. The highest BCUT2D eigenvalue weighted by Crippen LogP contribution is 2.24. The van der Waals surface area contributed by atoms with Crippen molar-refractivity contribution in [1.29, 1.82) is 0 Å². The van der Waals surface area contributed by atoms with Gasteiger partial charge in [0, 0.05) is 18.5 Å². The summed E-state index contributed by atoms with van der Waals surface area (Å²) in [6, 6.07) is -0.0316. The number of aromatic hydroxyl groups is 1. The minimum absolute atomic E-state index is 0.0316. The minimum Gasteiger partial charge on any atom is -0.480 e. The Kier molecular flexibility index (Phi) is 6.81. The molecule has 7 heteroatoms. The van der Waals surface area contributed by atoms with E-state index in [2.05, 4.69) is 54.6 Å². The van der Waals surface area contributed by atoms with Gasteiger partial charge in [0.25, 0.3) is 6.01 Å². The van der Waals surface area contributed by atoms with Gasteiger partial charge in [-0.05, 0) is 53.6 Å². The van der Waals surface area contributed by atoms with Crippen molar-refractivity contribution < 1.29 is 5.11 Å². The van der Waals surface area contributed by atoms with Crippen LogP contribution in [0.4, 0.5) is 5.82 Å². The second-order valence-corrected chi connectivity index (χ2v) is 8.02. The van der Waals surface area contributed by atoms with Gasteiger partial charge in [0.1, 0.15) is 5.82 Å². The second kappa shape index (κ2) is 8.66. The number of aromatic nitrogens is 4. The van der Waals surface area contributed by atoms with E-state index in [0.29, 0.717) is 23.5 Å². The van der Waals surface area contributed by atoms with Crippen molar-refractivity contribution in [2.45, 2.75) is 78.3 Å². The highest BCUT2D eigenvalue weighted by molar-refractivity contribution is 5.82. The molecule has 3 N–H and O–H groups in total. The summed E-state index contributed by atoms with van der Waals surface area (Å²) in [6.45, 7) is 10.5. The molecule has 0 unspecified atom stereocenters. The smallest absolute Gasteiger partial charge is 0.296 e. The van der Waals surface area contributed by atoms with E-state index in [1.165, 1.54) is 0 Å². The largest absolute Gasteiger partial charge is 0.480 e. The predicted octanol–water partition coefficient (Wildman–Crippen LogP) is 3.36. The van der Waals surface area contributed by atoms with Gasteiger partial charge >= 0.3 is 0 Å². The van der Waals surface area contributed by atoms with Crippen LogP contribution >= 0.6 is 0 Å². The summed E-state index contributed by atoms with van der Waals surface area (Å²) in [7, 11) is 2.14. The lowest BCUT2D eigenvalue weighted by Gasteiger charge is -2.31. The molecule has 0 fully saturated rings. The number of nitrogens with two attached hydrogens (primary N) is 1. The molecule has 0 spiro atoms. The number of unbranched alkanes of at least 4 members (excludes halogenated alkanes) is 3. The molecular weight excluding hydrogens is 328 g/mol. The fraction of sp³-hybridized carbons (Fsp3) is 0.737. The summed E-state index contributed by atoms with van der Waals surface area (Å²) in [5.74, 6) is 1.08. The van der Waals surface area contributed by atoms with E-state index in [1.807, 2.05) is 0 Å². The molecule has 0 aliphatic heterocycles. The molecule has 2 aromatic rings. The van der Waals surface area contributed by atoms with Crippen molar-refractivity contribution in [3.05, 3.63) is 5.82 Å². The number of fused-ring (bicyclic) bond motifs is 1. The fourth-order valence-corrected chi connectivity index (χ4v) is 2.86. The Morgan fingerprint density at radius 1 is 1.08 bits per heavy atom. The quantitative estimate of drug-likeness (QED) is 0.665. The molecule has 2 aromatic heterocycles. The monoisotopic (exact) mass is 362 g/mol. The van der Waals surface area contributed by atoms with Crippen LogP contribution in [-0.4, -0.2) is 48.7 Å². The van der Waals surface area contributed by atoms with Gasteiger partial charge < -0.3 is 15.7 Å². The first-order chi connectivity index (χ1) is 12.2. The Morgan fingerprint density at radius 2 is 1.81 bits per heavy atom. The molecule has 0 aromatic carbocycles. The van der Waals surface area contributed by atoms with Gasteiger partial charge in [-0.15, -0.1) is 0 Å². The summed E-state index contributed by atoms with van der Waals surface area (Å²) in [5.41, 5.74) is 7.34. The van der Waals surface area contributed by atoms with Crippen LogP contribution in [0.25, 0.3) is 11.2 Å². The topological polar surface area (TPSA) is 93.1 Å². The van der Waals surface area contributed by atoms with Crippen LogP contribution in [0.5, 0.6) is 6.01 Å². The molecule has 26 heavy (non-hydrogen) atoms. The Bertz CT molecular complexity index is 719. The molecule has 0 aliphatic carbocycles. The van der Waals surface area contributed by atoms with Crippen LogP contribution in [0.2, 0.25) is 0 Å². The van der Waals surface area contributed by atoms with Gasteiger partial charge in [0.2, 0.25) is 0 Å². The number of imidazole rings is 1. The normalized spacial score (nSPS) is 12.4. The molecule has 7 nitrogen and oxygen atoms in total. The van der Waals surface area contributed by atoms with Crippen LogP contribution in [-0.2, 0) is 13.0 Å². The van der Waals surface area contributed by atoms with E-state index in [-0.39, 0.29) is 11.5 Å². The lowest BCUT2D eigenvalue weighted by atomic mass is 10.1. The number of anilines is 1. The molecule has 0 aliphatic rings. The van der Waals surface area contributed by atoms with E-state index >= 15 is 0 Å². The van der Waals surface area contributed by atoms with Gasteiger partial charge in [-0.25, -0.2) is 9.97 Å². The molecule has 146 valence electrons. The zero-order valence-corrected chi connectivity index (χ0v) is 16.9. The van der Waals surface area contributed by atoms with Crippen LogP contribution in [0, 0.1) is 0 Å². The first kappa shape index (κ1) is 20.4. The van der Waals surface area contributed by atoms with E-state index in [4.69, 9.17) is 5.73 Å². The molecule has 0 saturated carbocycles. The molecule has 0 amide bonds. The third-order valence-corrected chi connectivity index (χ3v) is 4.92. The van der Waals surface area contributed by atoms with E-state index < -0.39 is 0 Å². The Balaban J connectivity index is 2.07. The first-order valence-corrected chi connectivity index (χ1v) is 9.67. The van der Waals surface area contributed by atoms with E-state index in [0.717, 1.165) is 50.9 Å². The predicted molar refractivity (Wildman–Crippen MR) is 106 cm³/mol. The average Bonchev–Trinajstić information content (AvgIpc) is 2.87. The minimum atomic E-state index is -0.0316. The maximum absolute atomic E-state index is 10.2. The number of nitrogens with zero attached hydrogens (tertiary/aromatic N) is 5. The fourth-order valence-electron chi connectivity index (χ4n) is 2.86. The highest BCUT2D eigenvalue weighted by Gasteiger charge is 2.18. The summed E-state index contributed by atoms with van der Waals surface area (Å²) < 4.78 is 1.76. The Hall–Kier alpha value is -1.89. The lowest BCUT2D eigenvalue weighted by Crippen LogP contribution is -2.38. The highest BCUT2D eigenvalue weighted by atomic mass is 16.3. The molecule has 0 radical (unpaired) electrons. The third-order valence-electron chi connectivity index (χ3n) is 4.92. The lowest BCUT2D eigenvalue weighted by molar-refractivity contribution is 0.172. The van der Waals surface area contributed by atoms with Gasteiger partial charge in [0.15, 0.2) is 17.0 Å². The van der Waals surface area contributed by atoms with Gasteiger partial charge in [-0.3, -0.25) is 4.57 Å². The molecule has 2 rings (SSSR count). The summed E-state index contributed by atoms with van der Waals surface area (Å²) in [5, 5.41) is 10.2. The van der Waals surface area contributed by atoms with Gasteiger partial charge in [0.05, 0.1) is 0 Å². The van der Waals surface area contributed by atoms with E-state index in [9.17, 15) is 5.11 Å². The number of hydrogen-bond donors (Lipinski definition) is 2. The summed E-state index contributed by atoms with van der Waals surface area (Å²) in [4.78, 5) is 15.5.